The van der Waals surface area contributed by atoms with Crippen LogP contribution >= 0.6 is 0 Å². The molecule has 0 rings (SSSR count). The molecule has 7 nitrogen and oxygen atoms in total. The van der Waals surface area contributed by atoms with Crippen molar-refractivity contribution >= 4 is 17.8 Å². The van der Waals surface area contributed by atoms with Crippen LogP contribution in [0.1, 0.15) is 47.0 Å². The van der Waals surface area contributed by atoms with Crippen LogP contribution < -0.4 is 10.6 Å². The van der Waals surface area contributed by atoms with Gasteiger partial charge in [0.2, 0.25) is 5.91 Å². The second-order valence-electron chi connectivity index (χ2n) is 6.59. The summed E-state index contributed by atoms with van der Waals surface area (Å²) in [5.41, 5.74) is 0.108. The zero-order chi connectivity index (χ0) is 18.0. The highest BCUT2D eigenvalue weighted by Crippen LogP contribution is 2.17. The molecule has 23 heavy (non-hydrogen) atoms. The maximum Gasteiger partial charge on any atom is 0.328 e. The smallest absolute Gasteiger partial charge is 0.328 e. The molecule has 0 aliphatic heterocycles. The van der Waals surface area contributed by atoms with Crippen molar-refractivity contribution in [3.8, 4) is 0 Å². The molecule has 0 heterocycles. The number of hydrogen-bond donors (Lipinski definition) is 2. The molecule has 0 unspecified atom stereocenters. The van der Waals surface area contributed by atoms with E-state index in [4.69, 9.17) is 0 Å². The Morgan fingerprint density at radius 3 is 2.09 bits per heavy atom. The summed E-state index contributed by atoms with van der Waals surface area (Å²) in [6.45, 7) is 8.62. The van der Waals surface area contributed by atoms with Gasteiger partial charge >= 0.3 is 11.9 Å². The van der Waals surface area contributed by atoms with Crippen molar-refractivity contribution in [3.63, 3.8) is 0 Å². The van der Waals surface area contributed by atoms with E-state index in [0.29, 0.717) is 13.0 Å². The minimum absolute atomic E-state index is 0.0932. The van der Waals surface area contributed by atoms with Crippen LogP contribution in [0.5, 0.6) is 0 Å². The molecule has 0 bridgehead atoms. The van der Waals surface area contributed by atoms with Gasteiger partial charge < -0.3 is 20.1 Å². The summed E-state index contributed by atoms with van der Waals surface area (Å²) in [7, 11) is 2.54. The van der Waals surface area contributed by atoms with Gasteiger partial charge in [-0.15, -0.1) is 0 Å². The molecule has 0 aromatic heterocycles. The third-order valence-electron chi connectivity index (χ3n) is 3.39. The number of amides is 1. The van der Waals surface area contributed by atoms with Crippen molar-refractivity contribution in [1.29, 1.82) is 0 Å². The first-order chi connectivity index (χ1) is 10.6. The number of esters is 2. The van der Waals surface area contributed by atoms with Crippen LogP contribution in [-0.4, -0.2) is 50.7 Å². The maximum absolute atomic E-state index is 12.4. The highest BCUT2D eigenvalue weighted by Gasteiger charge is 2.27. The lowest BCUT2D eigenvalue weighted by atomic mass is 9.92. The number of hydrogen-bond acceptors (Lipinski definition) is 6. The molecule has 0 fully saturated rings. The van der Waals surface area contributed by atoms with Crippen molar-refractivity contribution in [3.05, 3.63) is 0 Å². The quantitative estimate of drug-likeness (QED) is 0.613. The molecular formula is C16H30N2O5. The van der Waals surface area contributed by atoms with Crippen LogP contribution in [0, 0.1) is 5.41 Å². The minimum Gasteiger partial charge on any atom is -0.469 e. The maximum atomic E-state index is 12.4. The molecule has 2 N–H and O–H groups in total. The Kier molecular flexibility index (Phi) is 9.48. The fraction of sp³-hybridized carbons (Fsp3) is 0.812. The Bertz CT molecular complexity index is 404. The monoisotopic (exact) mass is 330 g/mol. The first kappa shape index (κ1) is 21.4. The molecule has 0 aromatic carbocycles. The van der Waals surface area contributed by atoms with Gasteiger partial charge in [-0.2, -0.15) is 0 Å². The third kappa shape index (κ3) is 9.18. The van der Waals surface area contributed by atoms with Crippen LogP contribution in [0.2, 0.25) is 0 Å². The summed E-state index contributed by atoms with van der Waals surface area (Å²) in [4.78, 5) is 35.4. The molecule has 0 saturated carbocycles. The van der Waals surface area contributed by atoms with Crippen LogP contribution in [0.4, 0.5) is 0 Å². The van der Waals surface area contributed by atoms with E-state index in [-0.39, 0.29) is 11.8 Å². The number of carbonyl (C=O) groups excluding carboxylic acids is 3. The molecule has 0 radical (unpaired) electrons. The van der Waals surface area contributed by atoms with Crippen molar-refractivity contribution in [2.24, 2.45) is 5.41 Å². The number of methoxy groups -OCH3 is 2. The lowest BCUT2D eigenvalue weighted by Crippen LogP contribution is -2.51. The van der Waals surface area contributed by atoms with E-state index < -0.39 is 29.9 Å². The molecule has 0 aromatic rings. The number of ether oxygens (including phenoxy) is 2. The van der Waals surface area contributed by atoms with Crippen LogP contribution in [0.25, 0.3) is 0 Å². The van der Waals surface area contributed by atoms with Gasteiger partial charge in [0.1, 0.15) is 6.04 Å². The summed E-state index contributed by atoms with van der Waals surface area (Å²) in [5, 5.41) is 5.67. The largest absolute Gasteiger partial charge is 0.469 e. The van der Waals surface area contributed by atoms with Gasteiger partial charge in [-0.25, -0.2) is 4.79 Å². The predicted octanol–water partition coefficient (Wildman–Crippen LogP) is 1.01. The van der Waals surface area contributed by atoms with Gasteiger partial charge in [0.15, 0.2) is 0 Å². The van der Waals surface area contributed by atoms with E-state index in [1.807, 2.05) is 0 Å². The van der Waals surface area contributed by atoms with Crippen LogP contribution in [0.3, 0.4) is 0 Å². The summed E-state index contributed by atoms with van der Waals surface area (Å²) in [5.74, 6) is -1.41. The van der Waals surface area contributed by atoms with Gasteiger partial charge in [-0.1, -0.05) is 27.7 Å². The zero-order valence-corrected chi connectivity index (χ0v) is 15.0. The van der Waals surface area contributed by atoms with E-state index in [0.717, 1.165) is 6.42 Å². The lowest BCUT2D eigenvalue weighted by Gasteiger charge is -2.23. The van der Waals surface area contributed by atoms with E-state index >= 15 is 0 Å². The SMILES string of the molecule is CC[C@H](NC(=O)[C@H](CC(=O)OC)NCCC(C)(C)C)C(=O)OC. The van der Waals surface area contributed by atoms with Crippen molar-refractivity contribution in [2.45, 2.75) is 59.0 Å². The molecular weight excluding hydrogens is 300 g/mol. The Morgan fingerprint density at radius 2 is 1.65 bits per heavy atom. The van der Waals surface area contributed by atoms with Crippen LogP contribution in [-0.2, 0) is 23.9 Å². The molecule has 134 valence electrons. The Hall–Kier alpha value is -1.63. The van der Waals surface area contributed by atoms with Gasteiger partial charge in [-0.05, 0) is 24.8 Å². The molecule has 7 heteroatoms. The molecule has 0 aliphatic carbocycles. The summed E-state index contributed by atoms with van der Waals surface area (Å²) in [6, 6.07) is -1.47. The topological polar surface area (TPSA) is 93.7 Å². The lowest BCUT2D eigenvalue weighted by molar-refractivity contribution is -0.146. The van der Waals surface area contributed by atoms with Crippen LogP contribution in [0.15, 0.2) is 0 Å². The van der Waals surface area contributed by atoms with Crippen molar-refractivity contribution in [1.82, 2.24) is 10.6 Å². The van der Waals surface area contributed by atoms with E-state index in [1.165, 1.54) is 14.2 Å². The molecule has 0 saturated heterocycles. The summed E-state index contributed by atoms with van der Waals surface area (Å²) < 4.78 is 9.27. The van der Waals surface area contributed by atoms with Gasteiger partial charge in [-0.3, -0.25) is 9.59 Å². The normalized spacial score (nSPS) is 13.8. The van der Waals surface area contributed by atoms with Crippen molar-refractivity contribution < 1.29 is 23.9 Å². The average molecular weight is 330 g/mol. The zero-order valence-electron chi connectivity index (χ0n) is 15.0. The molecule has 0 aliphatic rings. The number of carbonyl (C=O) groups is 3. The van der Waals surface area contributed by atoms with E-state index in [9.17, 15) is 14.4 Å². The van der Waals surface area contributed by atoms with E-state index in [2.05, 4.69) is 40.9 Å². The standard InChI is InChI=1S/C16H30N2O5/c1-7-11(15(21)23-6)18-14(20)12(10-13(19)22-5)17-9-8-16(2,3)4/h11-12,17H,7-10H2,1-6H3,(H,18,20)/t11-,12-/m0/s1. The molecule has 1 amide bonds. The highest BCUT2D eigenvalue weighted by molar-refractivity contribution is 5.90. The highest BCUT2D eigenvalue weighted by atomic mass is 16.5. The average Bonchev–Trinajstić information content (AvgIpc) is 2.49. The first-order valence-corrected chi connectivity index (χ1v) is 7.83. The van der Waals surface area contributed by atoms with Gasteiger partial charge in [0.25, 0.3) is 0 Å². The summed E-state index contributed by atoms with van der Waals surface area (Å²) >= 11 is 0. The first-order valence-electron chi connectivity index (χ1n) is 7.83. The predicted molar refractivity (Wildman–Crippen MR) is 86.7 cm³/mol. The second kappa shape index (κ2) is 10.2. The third-order valence-corrected chi connectivity index (χ3v) is 3.39. The Morgan fingerprint density at radius 1 is 1.04 bits per heavy atom. The summed E-state index contributed by atoms with van der Waals surface area (Å²) in [6.07, 6.45) is 1.15. The van der Waals surface area contributed by atoms with E-state index in [1.54, 1.807) is 6.92 Å². The molecule has 0 spiro atoms. The van der Waals surface area contributed by atoms with Gasteiger partial charge in [0, 0.05) is 0 Å². The number of rotatable bonds is 9. The Balaban J connectivity index is 4.78. The van der Waals surface area contributed by atoms with Gasteiger partial charge in [0.05, 0.1) is 26.7 Å². The minimum atomic E-state index is -0.747. The second-order valence-corrected chi connectivity index (χ2v) is 6.59. The molecule has 2 atom stereocenters. The van der Waals surface area contributed by atoms with Crippen molar-refractivity contribution in [2.75, 3.05) is 20.8 Å². The fourth-order valence-electron chi connectivity index (χ4n) is 1.87. The Labute approximate surface area is 138 Å². The fourth-order valence-corrected chi connectivity index (χ4v) is 1.87. The number of nitrogens with one attached hydrogen (secondary N) is 2.